The summed E-state index contributed by atoms with van der Waals surface area (Å²) >= 11 is 5.73. The number of rotatable bonds is 2. The van der Waals surface area contributed by atoms with E-state index in [1.165, 1.54) is 12.6 Å². The van der Waals surface area contributed by atoms with Gasteiger partial charge in [0.2, 0.25) is 0 Å². The maximum absolute atomic E-state index is 12.2. The first kappa shape index (κ1) is 13.9. The van der Waals surface area contributed by atoms with Crippen LogP contribution in [0, 0.1) is 16.7 Å². The van der Waals surface area contributed by atoms with Crippen LogP contribution in [0.2, 0.25) is 5.15 Å². The third-order valence-corrected chi connectivity index (χ3v) is 6.15. The Hall–Kier alpha value is -1.09. The number of aromatic nitrogens is 1. The molecule has 3 nitrogen and oxygen atoms in total. The number of carbonyl (C=O) groups excluding carboxylic acids is 1. The van der Waals surface area contributed by atoms with Gasteiger partial charge in [0.15, 0.2) is 0 Å². The molecule has 108 valence electrons. The van der Waals surface area contributed by atoms with Crippen molar-refractivity contribution in [3.05, 3.63) is 29.0 Å². The Labute approximate surface area is 124 Å². The lowest BCUT2D eigenvalue weighted by Gasteiger charge is -2.38. The van der Waals surface area contributed by atoms with Crippen molar-refractivity contribution in [2.45, 2.75) is 46.1 Å². The first-order chi connectivity index (χ1) is 9.34. The Bertz CT molecular complexity index is 540. The van der Waals surface area contributed by atoms with Crippen LogP contribution in [-0.2, 0) is 4.74 Å². The van der Waals surface area contributed by atoms with Gasteiger partial charge in [-0.15, -0.1) is 0 Å². The van der Waals surface area contributed by atoms with Crippen LogP contribution in [0.15, 0.2) is 18.3 Å². The van der Waals surface area contributed by atoms with Gasteiger partial charge in [-0.05, 0) is 42.7 Å². The fraction of sp³-hybridized carbons (Fsp3) is 0.625. The molecule has 0 radical (unpaired) electrons. The first-order valence-electron chi connectivity index (χ1n) is 7.17. The van der Waals surface area contributed by atoms with Crippen LogP contribution in [0.3, 0.4) is 0 Å². The second kappa shape index (κ2) is 4.45. The van der Waals surface area contributed by atoms with E-state index in [1.54, 1.807) is 12.1 Å². The highest BCUT2D eigenvalue weighted by molar-refractivity contribution is 6.29. The molecular formula is C16H20ClNO2. The number of carbonyl (C=O) groups is 1. The minimum Gasteiger partial charge on any atom is -0.458 e. The van der Waals surface area contributed by atoms with E-state index in [0.29, 0.717) is 16.6 Å². The van der Waals surface area contributed by atoms with Crippen LogP contribution in [0.25, 0.3) is 0 Å². The average Bonchev–Trinajstić information content (AvgIpc) is 2.72. The Morgan fingerprint density at radius 2 is 2.15 bits per heavy atom. The molecule has 0 aliphatic heterocycles. The van der Waals surface area contributed by atoms with Crippen LogP contribution in [0.4, 0.5) is 0 Å². The van der Waals surface area contributed by atoms with Gasteiger partial charge in [0.05, 0.1) is 5.56 Å². The molecule has 2 saturated carbocycles. The zero-order chi connectivity index (χ0) is 14.5. The van der Waals surface area contributed by atoms with Crippen molar-refractivity contribution in [3.63, 3.8) is 0 Å². The van der Waals surface area contributed by atoms with E-state index in [4.69, 9.17) is 16.3 Å². The number of pyridine rings is 1. The summed E-state index contributed by atoms with van der Waals surface area (Å²) in [5.41, 5.74) is 0.808. The first-order valence-corrected chi connectivity index (χ1v) is 7.55. The molecule has 1 aromatic heterocycles. The summed E-state index contributed by atoms with van der Waals surface area (Å²) in [4.78, 5) is 16.2. The van der Waals surface area contributed by atoms with Gasteiger partial charge in [0.25, 0.3) is 0 Å². The number of esters is 1. The molecule has 0 saturated heterocycles. The van der Waals surface area contributed by atoms with E-state index in [0.717, 1.165) is 12.8 Å². The molecule has 1 aromatic rings. The molecule has 2 aliphatic rings. The van der Waals surface area contributed by atoms with Crippen molar-refractivity contribution in [3.8, 4) is 0 Å². The molecule has 2 aliphatic carbocycles. The molecule has 20 heavy (non-hydrogen) atoms. The Morgan fingerprint density at radius 3 is 2.65 bits per heavy atom. The second-order valence-corrected chi connectivity index (χ2v) is 7.26. The lowest BCUT2D eigenvalue weighted by Crippen LogP contribution is -2.38. The van der Waals surface area contributed by atoms with Gasteiger partial charge in [-0.2, -0.15) is 0 Å². The van der Waals surface area contributed by atoms with E-state index in [-0.39, 0.29) is 22.9 Å². The highest BCUT2D eigenvalue weighted by Gasteiger charge is 2.62. The Kier molecular flexibility index (Phi) is 3.09. The number of hydrogen-bond acceptors (Lipinski definition) is 3. The summed E-state index contributed by atoms with van der Waals surface area (Å²) < 4.78 is 5.79. The molecule has 3 rings (SSSR count). The summed E-state index contributed by atoms with van der Waals surface area (Å²) in [5, 5.41) is 0.384. The van der Waals surface area contributed by atoms with Crippen LogP contribution >= 0.6 is 11.6 Å². The largest absolute Gasteiger partial charge is 0.458 e. The summed E-state index contributed by atoms with van der Waals surface area (Å²) in [6, 6.07) is 3.28. The monoisotopic (exact) mass is 293 g/mol. The van der Waals surface area contributed by atoms with Gasteiger partial charge in [-0.3, -0.25) is 0 Å². The van der Waals surface area contributed by atoms with Gasteiger partial charge < -0.3 is 4.74 Å². The zero-order valence-electron chi connectivity index (χ0n) is 12.1. The molecule has 3 unspecified atom stereocenters. The molecule has 4 heteroatoms. The lowest BCUT2D eigenvalue weighted by atomic mass is 9.70. The fourth-order valence-corrected chi connectivity index (χ4v) is 4.11. The molecular weight excluding hydrogens is 274 g/mol. The van der Waals surface area contributed by atoms with Gasteiger partial charge in [-0.25, -0.2) is 9.78 Å². The predicted octanol–water partition coefficient (Wildman–Crippen LogP) is 4.11. The Morgan fingerprint density at radius 1 is 1.40 bits per heavy atom. The standard InChI is InChI=1S/C16H20ClNO2/c1-15(2)11-6-7-16(15,3)12(8-11)20-14(19)10-4-5-13(17)18-9-10/h4-5,9,11-12H,6-8H2,1-3H3. The molecule has 3 atom stereocenters. The van der Waals surface area contributed by atoms with Gasteiger partial charge >= 0.3 is 5.97 Å². The number of fused-ring (bicyclic) bond motifs is 2. The van der Waals surface area contributed by atoms with E-state index >= 15 is 0 Å². The van der Waals surface area contributed by atoms with Crippen LogP contribution < -0.4 is 0 Å². The van der Waals surface area contributed by atoms with Crippen molar-refractivity contribution in [2.24, 2.45) is 16.7 Å². The van der Waals surface area contributed by atoms with Crippen LogP contribution in [-0.4, -0.2) is 17.1 Å². The number of hydrogen-bond donors (Lipinski definition) is 0. The minimum absolute atomic E-state index is 0.0134. The highest BCUT2D eigenvalue weighted by atomic mass is 35.5. The summed E-state index contributed by atoms with van der Waals surface area (Å²) in [6.45, 7) is 6.88. The quantitative estimate of drug-likeness (QED) is 0.608. The second-order valence-electron chi connectivity index (χ2n) is 6.87. The van der Waals surface area contributed by atoms with Crippen molar-refractivity contribution in [1.29, 1.82) is 0 Å². The van der Waals surface area contributed by atoms with Gasteiger partial charge in [0.1, 0.15) is 11.3 Å². The average molecular weight is 294 g/mol. The molecule has 0 spiro atoms. The maximum Gasteiger partial charge on any atom is 0.339 e. The fourth-order valence-electron chi connectivity index (χ4n) is 4.00. The van der Waals surface area contributed by atoms with Gasteiger partial charge in [-0.1, -0.05) is 32.4 Å². The topological polar surface area (TPSA) is 39.2 Å². The van der Waals surface area contributed by atoms with Crippen molar-refractivity contribution >= 4 is 17.6 Å². The number of halogens is 1. The zero-order valence-corrected chi connectivity index (χ0v) is 12.9. The van der Waals surface area contributed by atoms with E-state index in [1.807, 2.05) is 0 Å². The lowest BCUT2D eigenvalue weighted by molar-refractivity contribution is -0.0242. The highest BCUT2D eigenvalue weighted by Crippen LogP contribution is 2.66. The van der Waals surface area contributed by atoms with E-state index in [9.17, 15) is 4.79 Å². The smallest absolute Gasteiger partial charge is 0.339 e. The van der Waals surface area contributed by atoms with E-state index in [2.05, 4.69) is 25.8 Å². The maximum atomic E-state index is 12.2. The SMILES string of the molecule is CC1(C)C2CCC1(C)C(OC(=O)c1ccc(Cl)nc1)C2. The van der Waals surface area contributed by atoms with Crippen LogP contribution in [0.5, 0.6) is 0 Å². The summed E-state index contributed by atoms with van der Waals surface area (Å²) in [5.74, 6) is 0.373. The van der Waals surface area contributed by atoms with Gasteiger partial charge in [0, 0.05) is 11.6 Å². The summed E-state index contributed by atoms with van der Waals surface area (Å²) in [6.07, 6.45) is 4.86. The third-order valence-electron chi connectivity index (χ3n) is 5.93. The molecule has 1 heterocycles. The Balaban J connectivity index is 1.76. The van der Waals surface area contributed by atoms with Crippen molar-refractivity contribution < 1.29 is 9.53 Å². The predicted molar refractivity (Wildman–Crippen MR) is 77.7 cm³/mol. The number of ether oxygens (including phenoxy) is 1. The molecule has 0 aromatic carbocycles. The van der Waals surface area contributed by atoms with Crippen LogP contribution in [0.1, 0.15) is 50.4 Å². The number of nitrogens with zero attached hydrogens (tertiary/aromatic N) is 1. The molecule has 0 amide bonds. The minimum atomic E-state index is -0.288. The van der Waals surface area contributed by atoms with Crippen molar-refractivity contribution in [2.75, 3.05) is 0 Å². The molecule has 2 bridgehead atoms. The normalized spacial score (nSPS) is 34.2. The van der Waals surface area contributed by atoms with E-state index < -0.39 is 0 Å². The van der Waals surface area contributed by atoms with Crippen molar-refractivity contribution in [1.82, 2.24) is 4.98 Å². The molecule has 2 fully saturated rings. The molecule has 0 N–H and O–H groups in total. The third kappa shape index (κ3) is 1.86. The summed E-state index contributed by atoms with van der Waals surface area (Å²) in [7, 11) is 0.